The molecule has 0 aromatic rings. The van der Waals surface area contributed by atoms with Crippen LogP contribution in [0.5, 0.6) is 0 Å². The molecule has 0 aromatic heterocycles. The van der Waals surface area contributed by atoms with Crippen molar-refractivity contribution in [3.05, 3.63) is 12.2 Å². The van der Waals surface area contributed by atoms with Gasteiger partial charge in [0, 0.05) is 6.42 Å². The molecular formula is C23H41NO2. The first-order valence-corrected chi connectivity index (χ1v) is 10.9. The molecule has 0 saturated carbocycles. The average Bonchev–Trinajstić information content (AvgIpc) is 2.62. The second-order valence-electron chi connectivity index (χ2n) is 7.55. The lowest BCUT2D eigenvalue weighted by Crippen LogP contribution is -2.16. The Bertz CT molecular complexity index is 398. The zero-order valence-corrected chi connectivity index (χ0v) is 17.4. The zero-order chi connectivity index (χ0) is 19.5. The number of ether oxygens (including phenoxy) is 1. The summed E-state index contributed by atoms with van der Waals surface area (Å²) >= 11 is 0. The molecule has 0 spiro atoms. The first kappa shape index (κ1) is 24.7. The molecule has 3 nitrogen and oxygen atoms in total. The van der Waals surface area contributed by atoms with E-state index in [-0.39, 0.29) is 5.97 Å². The van der Waals surface area contributed by atoms with Crippen molar-refractivity contribution in [2.24, 2.45) is 0 Å². The summed E-state index contributed by atoms with van der Waals surface area (Å²) < 4.78 is 5.08. The maximum Gasteiger partial charge on any atom is 0.307 e. The number of carbonyl (C=O) groups excluding carboxylic acids is 1. The molecule has 0 aliphatic rings. The Balaban J connectivity index is 3.28. The van der Waals surface area contributed by atoms with Gasteiger partial charge in [0.1, 0.15) is 6.07 Å². The first-order chi connectivity index (χ1) is 12.6. The fraction of sp³-hybridized carbons (Fsp3) is 0.826. The number of nitriles is 1. The fourth-order valence-corrected chi connectivity index (χ4v) is 3.07. The van der Waals surface area contributed by atoms with Gasteiger partial charge in [0.2, 0.25) is 6.10 Å². The van der Waals surface area contributed by atoms with Gasteiger partial charge in [-0.05, 0) is 18.9 Å². The number of rotatable bonds is 18. The topological polar surface area (TPSA) is 50.1 Å². The van der Waals surface area contributed by atoms with Crippen LogP contribution >= 0.6 is 0 Å². The Kier molecular flexibility index (Phi) is 17.6. The largest absolute Gasteiger partial charge is 0.442 e. The fourth-order valence-electron chi connectivity index (χ4n) is 3.07. The van der Waals surface area contributed by atoms with Crippen LogP contribution < -0.4 is 0 Å². The predicted octanol–water partition coefficient (Wildman–Crippen LogP) is 7.26. The molecule has 1 atom stereocenters. The lowest BCUT2D eigenvalue weighted by Gasteiger charge is -2.10. The Hall–Kier alpha value is -1.30. The van der Waals surface area contributed by atoms with E-state index in [9.17, 15) is 4.79 Å². The lowest BCUT2D eigenvalue weighted by molar-refractivity contribution is -0.145. The van der Waals surface area contributed by atoms with Crippen LogP contribution in [0.15, 0.2) is 12.2 Å². The van der Waals surface area contributed by atoms with Crippen LogP contribution in [0.4, 0.5) is 0 Å². The van der Waals surface area contributed by atoms with Crippen molar-refractivity contribution in [3.63, 3.8) is 0 Å². The second kappa shape index (κ2) is 18.5. The second-order valence-corrected chi connectivity index (χ2v) is 7.55. The van der Waals surface area contributed by atoms with Gasteiger partial charge >= 0.3 is 5.97 Å². The minimum Gasteiger partial charge on any atom is -0.442 e. The normalized spacial score (nSPS) is 11.7. The van der Waals surface area contributed by atoms with Crippen molar-refractivity contribution in [3.8, 4) is 6.07 Å². The molecule has 150 valence electrons. The van der Waals surface area contributed by atoms with Gasteiger partial charge in [-0.25, -0.2) is 0 Å². The smallest absolute Gasteiger partial charge is 0.307 e. The third kappa shape index (κ3) is 16.2. The highest BCUT2D eigenvalue weighted by Gasteiger charge is 2.13. The van der Waals surface area contributed by atoms with Crippen LogP contribution in [-0.4, -0.2) is 12.1 Å². The van der Waals surface area contributed by atoms with E-state index in [0.29, 0.717) is 12.0 Å². The van der Waals surface area contributed by atoms with Crippen LogP contribution in [0.3, 0.4) is 0 Å². The molecule has 0 aromatic carbocycles. The highest BCUT2D eigenvalue weighted by molar-refractivity contribution is 5.70. The molecule has 0 rings (SSSR count). The zero-order valence-electron chi connectivity index (χ0n) is 17.4. The molecule has 0 bridgehead atoms. The monoisotopic (exact) mass is 363 g/mol. The van der Waals surface area contributed by atoms with Gasteiger partial charge in [0.05, 0.1) is 0 Å². The molecule has 0 amide bonds. The minimum atomic E-state index is -0.793. The molecule has 3 heteroatoms. The highest BCUT2D eigenvalue weighted by atomic mass is 16.5. The lowest BCUT2D eigenvalue weighted by atomic mass is 10.0. The third-order valence-corrected chi connectivity index (χ3v) is 4.80. The Morgan fingerprint density at radius 1 is 0.846 bits per heavy atom. The number of nitrogens with zero attached hydrogens (tertiary/aromatic N) is 1. The summed E-state index contributed by atoms with van der Waals surface area (Å²) in [5.74, 6) is -0.283. The summed E-state index contributed by atoms with van der Waals surface area (Å²) in [7, 11) is 0. The summed E-state index contributed by atoms with van der Waals surface area (Å²) in [4.78, 5) is 11.6. The molecular weight excluding hydrogens is 322 g/mol. The van der Waals surface area contributed by atoms with Gasteiger partial charge in [0.15, 0.2) is 0 Å². The standard InChI is InChI=1S/C23H41NO2/c1-4-5-6-7-8-9-10-11-12-13-14-15-16-17-18-19-23(25)26-22(20-24)21(2)3/h22H,2,4-19H2,1,3H3. The molecule has 0 radical (unpaired) electrons. The van der Waals surface area contributed by atoms with Crippen LogP contribution in [0.2, 0.25) is 0 Å². The predicted molar refractivity (Wildman–Crippen MR) is 110 cm³/mol. The van der Waals surface area contributed by atoms with E-state index in [2.05, 4.69) is 13.5 Å². The number of unbranched alkanes of at least 4 members (excludes halogenated alkanes) is 14. The van der Waals surface area contributed by atoms with E-state index in [4.69, 9.17) is 10.00 Å². The van der Waals surface area contributed by atoms with E-state index in [1.54, 1.807) is 6.92 Å². The van der Waals surface area contributed by atoms with Crippen molar-refractivity contribution in [1.82, 2.24) is 0 Å². The molecule has 0 saturated heterocycles. The van der Waals surface area contributed by atoms with Gasteiger partial charge in [-0.1, -0.05) is 103 Å². The summed E-state index contributed by atoms with van der Waals surface area (Å²) in [6.45, 7) is 7.63. The summed E-state index contributed by atoms with van der Waals surface area (Å²) in [6, 6.07) is 1.94. The van der Waals surface area contributed by atoms with Gasteiger partial charge in [-0.3, -0.25) is 4.79 Å². The van der Waals surface area contributed by atoms with Crippen molar-refractivity contribution in [2.45, 2.75) is 123 Å². The minimum absolute atomic E-state index is 0.283. The number of hydrogen-bond acceptors (Lipinski definition) is 3. The van der Waals surface area contributed by atoms with E-state index in [0.717, 1.165) is 12.8 Å². The molecule has 0 aliphatic carbocycles. The Morgan fingerprint density at radius 3 is 1.58 bits per heavy atom. The number of carbonyl (C=O) groups is 1. The molecule has 26 heavy (non-hydrogen) atoms. The van der Waals surface area contributed by atoms with E-state index < -0.39 is 6.10 Å². The molecule has 1 unspecified atom stereocenters. The van der Waals surface area contributed by atoms with Gasteiger partial charge in [0.25, 0.3) is 0 Å². The maximum absolute atomic E-state index is 11.6. The van der Waals surface area contributed by atoms with Crippen LogP contribution in [0.1, 0.15) is 117 Å². The van der Waals surface area contributed by atoms with Gasteiger partial charge < -0.3 is 4.74 Å². The third-order valence-electron chi connectivity index (χ3n) is 4.80. The Labute approximate surface area is 162 Å². The number of esters is 1. The van der Waals surface area contributed by atoms with E-state index >= 15 is 0 Å². The van der Waals surface area contributed by atoms with Crippen molar-refractivity contribution in [2.75, 3.05) is 0 Å². The first-order valence-electron chi connectivity index (χ1n) is 10.9. The highest BCUT2D eigenvalue weighted by Crippen LogP contribution is 2.14. The molecule has 0 aliphatic heterocycles. The van der Waals surface area contributed by atoms with Gasteiger partial charge in [-0.15, -0.1) is 0 Å². The molecule has 0 N–H and O–H groups in total. The van der Waals surface area contributed by atoms with E-state index in [1.807, 2.05) is 6.07 Å². The molecule has 0 fully saturated rings. The Morgan fingerprint density at radius 2 is 1.23 bits per heavy atom. The van der Waals surface area contributed by atoms with Crippen molar-refractivity contribution in [1.29, 1.82) is 5.26 Å². The number of hydrogen-bond donors (Lipinski definition) is 0. The molecule has 0 heterocycles. The van der Waals surface area contributed by atoms with Crippen molar-refractivity contribution < 1.29 is 9.53 Å². The summed E-state index contributed by atoms with van der Waals surface area (Å²) in [6.07, 6.45) is 19.2. The SMILES string of the molecule is C=C(C)C(C#N)OC(=O)CCCCCCCCCCCCCCCCC. The quantitative estimate of drug-likeness (QED) is 0.146. The van der Waals surface area contributed by atoms with Crippen molar-refractivity contribution >= 4 is 5.97 Å². The van der Waals surface area contributed by atoms with Crippen LogP contribution in [0.25, 0.3) is 0 Å². The average molecular weight is 364 g/mol. The van der Waals surface area contributed by atoms with Crippen LogP contribution in [0, 0.1) is 11.3 Å². The van der Waals surface area contributed by atoms with E-state index in [1.165, 1.54) is 83.5 Å². The summed E-state index contributed by atoms with van der Waals surface area (Å²) in [5.41, 5.74) is 0.581. The summed E-state index contributed by atoms with van der Waals surface area (Å²) in [5, 5.41) is 8.86. The maximum atomic E-state index is 11.6. The van der Waals surface area contributed by atoms with Crippen LogP contribution in [-0.2, 0) is 9.53 Å². The van der Waals surface area contributed by atoms with Gasteiger partial charge in [-0.2, -0.15) is 5.26 Å².